The van der Waals surface area contributed by atoms with Crippen molar-refractivity contribution in [2.24, 2.45) is 0 Å². The number of amides is 1. The topological polar surface area (TPSA) is 81.7 Å². The highest BCUT2D eigenvalue weighted by Gasteiger charge is 2.07. The normalized spacial score (nSPS) is 15.5. The highest BCUT2D eigenvalue weighted by atomic mass is 32.3. The largest absolute Gasteiger partial charge is 0.399 e. The summed E-state index contributed by atoms with van der Waals surface area (Å²) in [6.45, 7) is 4.27. The Labute approximate surface area is 90.3 Å². The van der Waals surface area contributed by atoms with Crippen LogP contribution >= 0.6 is 0 Å². The molecule has 0 unspecified atom stereocenters. The molecule has 1 aliphatic rings. The van der Waals surface area contributed by atoms with Crippen molar-refractivity contribution in [1.29, 1.82) is 0 Å². The van der Waals surface area contributed by atoms with Gasteiger partial charge in [-0.25, -0.2) is 8.37 Å². The summed E-state index contributed by atoms with van der Waals surface area (Å²) in [4.78, 5) is 10.1. The van der Waals surface area contributed by atoms with Crippen molar-refractivity contribution < 1.29 is 21.6 Å². The predicted molar refractivity (Wildman–Crippen MR) is 54.4 cm³/mol. The van der Waals surface area contributed by atoms with Crippen LogP contribution < -0.4 is 5.32 Å². The first-order valence-corrected chi connectivity index (χ1v) is 6.15. The summed E-state index contributed by atoms with van der Waals surface area (Å²) in [5.74, 6) is 0.204. The maximum Gasteiger partial charge on any atom is 0.399 e. The van der Waals surface area contributed by atoms with Gasteiger partial charge in [-0.1, -0.05) is 0 Å². The predicted octanol–water partition coefficient (Wildman–Crippen LogP) is 0.201. The second-order valence-corrected chi connectivity index (χ2v) is 3.96. The Morgan fingerprint density at radius 2 is 1.80 bits per heavy atom. The number of carbonyl (C=O) groups excluding carboxylic acids is 1. The van der Waals surface area contributed by atoms with Crippen molar-refractivity contribution in [2.45, 2.75) is 26.7 Å². The molecule has 1 heterocycles. The maximum atomic E-state index is 10.4. The molecule has 0 aromatic carbocycles. The van der Waals surface area contributed by atoms with E-state index in [0.717, 1.165) is 19.4 Å². The molecule has 0 aliphatic carbocycles. The molecule has 0 atom stereocenters. The summed E-state index contributed by atoms with van der Waals surface area (Å²) in [6, 6.07) is 0. The molecule has 0 aromatic rings. The Bertz CT molecular complexity index is 255. The number of carbonyl (C=O) groups is 1. The van der Waals surface area contributed by atoms with E-state index in [0.29, 0.717) is 0 Å². The van der Waals surface area contributed by atoms with Crippen LogP contribution in [0.15, 0.2) is 0 Å². The van der Waals surface area contributed by atoms with E-state index in [2.05, 4.69) is 13.7 Å². The van der Waals surface area contributed by atoms with Gasteiger partial charge in [-0.15, -0.1) is 0 Å². The minimum atomic E-state index is -3.68. The Balaban J connectivity index is 0.000000280. The van der Waals surface area contributed by atoms with Crippen molar-refractivity contribution in [2.75, 3.05) is 19.8 Å². The van der Waals surface area contributed by atoms with Crippen molar-refractivity contribution >= 4 is 16.3 Å². The number of hydrogen-bond donors (Lipinski definition) is 1. The van der Waals surface area contributed by atoms with Gasteiger partial charge in [0, 0.05) is 13.0 Å². The quantitative estimate of drug-likeness (QED) is 0.758. The fraction of sp³-hybridized carbons (Fsp3) is 0.875. The molecular weight excluding hydrogens is 222 g/mol. The summed E-state index contributed by atoms with van der Waals surface area (Å²) in [6.07, 6.45) is 1.76. The molecule has 90 valence electrons. The maximum absolute atomic E-state index is 10.4. The fourth-order valence-corrected chi connectivity index (χ4v) is 1.53. The van der Waals surface area contributed by atoms with Crippen LogP contribution in [0.5, 0.6) is 0 Å². The van der Waals surface area contributed by atoms with E-state index in [4.69, 9.17) is 0 Å². The Hall–Kier alpha value is -0.660. The second-order valence-electron chi connectivity index (χ2n) is 2.67. The number of hydrogen-bond acceptors (Lipinski definition) is 5. The van der Waals surface area contributed by atoms with Crippen LogP contribution in [-0.2, 0) is 23.6 Å². The van der Waals surface area contributed by atoms with E-state index in [9.17, 15) is 13.2 Å². The average molecular weight is 239 g/mol. The first-order chi connectivity index (χ1) is 7.02. The van der Waals surface area contributed by atoms with Gasteiger partial charge in [0.25, 0.3) is 0 Å². The molecular formula is C8H17NO5S. The van der Waals surface area contributed by atoms with E-state index in [1.807, 2.05) is 0 Å². The van der Waals surface area contributed by atoms with Crippen molar-refractivity contribution in [3.8, 4) is 0 Å². The smallest absolute Gasteiger partial charge is 0.356 e. The van der Waals surface area contributed by atoms with Crippen molar-refractivity contribution in [1.82, 2.24) is 5.32 Å². The first kappa shape index (κ1) is 14.3. The summed E-state index contributed by atoms with van der Waals surface area (Å²) >= 11 is 0. The summed E-state index contributed by atoms with van der Waals surface area (Å²) in [5.41, 5.74) is 0. The molecule has 0 aromatic heterocycles. The third-order valence-electron chi connectivity index (χ3n) is 1.43. The Morgan fingerprint density at radius 1 is 1.27 bits per heavy atom. The second kappa shape index (κ2) is 7.61. The molecule has 1 amide bonds. The molecule has 0 radical (unpaired) electrons. The molecule has 1 saturated heterocycles. The van der Waals surface area contributed by atoms with Crippen molar-refractivity contribution in [3.05, 3.63) is 0 Å². The third kappa shape index (κ3) is 8.34. The highest BCUT2D eigenvalue weighted by Crippen LogP contribution is 1.93. The van der Waals surface area contributed by atoms with Gasteiger partial charge >= 0.3 is 10.4 Å². The molecule has 0 spiro atoms. The van der Waals surface area contributed by atoms with E-state index in [1.165, 1.54) is 0 Å². The third-order valence-corrected chi connectivity index (χ3v) is 2.48. The molecule has 1 N–H and O–H groups in total. The van der Waals surface area contributed by atoms with Gasteiger partial charge in [0.15, 0.2) is 0 Å². The average Bonchev–Trinajstić information content (AvgIpc) is 2.56. The Kier molecular flexibility index (Phi) is 7.27. The van der Waals surface area contributed by atoms with Crippen LogP contribution in [-0.4, -0.2) is 34.1 Å². The minimum absolute atomic E-state index is 0.113. The number of nitrogens with one attached hydrogen (secondary N) is 1. The van der Waals surface area contributed by atoms with Gasteiger partial charge in [0.05, 0.1) is 13.2 Å². The van der Waals surface area contributed by atoms with Gasteiger partial charge in [0.2, 0.25) is 5.91 Å². The number of rotatable bonds is 4. The molecule has 1 rings (SSSR count). The molecule has 1 aliphatic heterocycles. The van der Waals surface area contributed by atoms with Crippen LogP contribution in [0.3, 0.4) is 0 Å². The van der Waals surface area contributed by atoms with Crippen LogP contribution in [0.2, 0.25) is 0 Å². The van der Waals surface area contributed by atoms with Crippen LogP contribution in [0, 0.1) is 0 Å². The molecule has 15 heavy (non-hydrogen) atoms. The van der Waals surface area contributed by atoms with Gasteiger partial charge in [-0.3, -0.25) is 4.79 Å². The summed E-state index contributed by atoms with van der Waals surface area (Å²) < 4.78 is 29.2. The molecule has 6 nitrogen and oxygen atoms in total. The first-order valence-electron chi connectivity index (χ1n) is 4.82. The summed E-state index contributed by atoms with van der Waals surface area (Å²) in [7, 11) is -3.68. The van der Waals surface area contributed by atoms with Gasteiger partial charge < -0.3 is 5.32 Å². The van der Waals surface area contributed by atoms with E-state index in [-0.39, 0.29) is 19.1 Å². The van der Waals surface area contributed by atoms with Gasteiger partial charge in [-0.05, 0) is 20.3 Å². The van der Waals surface area contributed by atoms with Crippen LogP contribution in [0.4, 0.5) is 0 Å². The Morgan fingerprint density at radius 3 is 2.00 bits per heavy atom. The lowest BCUT2D eigenvalue weighted by Gasteiger charge is -1.99. The van der Waals surface area contributed by atoms with Crippen LogP contribution in [0.25, 0.3) is 0 Å². The van der Waals surface area contributed by atoms with Gasteiger partial charge in [-0.2, -0.15) is 8.42 Å². The zero-order valence-corrected chi connectivity index (χ0v) is 9.80. The van der Waals surface area contributed by atoms with Crippen LogP contribution in [0.1, 0.15) is 26.7 Å². The molecule has 0 saturated carbocycles. The highest BCUT2D eigenvalue weighted by molar-refractivity contribution is 7.81. The zero-order valence-electron chi connectivity index (χ0n) is 8.99. The lowest BCUT2D eigenvalue weighted by atomic mass is 10.4. The lowest BCUT2D eigenvalue weighted by Crippen LogP contribution is -2.12. The van der Waals surface area contributed by atoms with E-state index in [1.54, 1.807) is 13.8 Å². The van der Waals surface area contributed by atoms with Crippen molar-refractivity contribution in [3.63, 3.8) is 0 Å². The minimum Gasteiger partial charge on any atom is -0.356 e. The van der Waals surface area contributed by atoms with Gasteiger partial charge in [0.1, 0.15) is 0 Å². The summed E-state index contributed by atoms with van der Waals surface area (Å²) in [5, 5.41) is 2.68. The van der Waals surface area contributed by atoms with E-state index >= 15 is 0 Å². The molecule has 7 heteroatoms. The standard InChI is InChI=1S/C4H7NO.C4H10O4S/c6-4-2-1-3-5-4;1-3-7-9(5,6)8-4-2/h1-3H2,(H,5,6);3-4H2,1-2H3. The van der Waals surface area contributed by atoms with E-state index < -0.39 is 10.4 Å². The SMILES string of the molecule is CCOS(=O)(=O)OCC.O=C1CCCN1. The fourth-order valence-electron chi connectivity index (χ4n) is 0.888. The molecule has 1 fully saturated rings. The molecule has 0 bridgehead atoms. The zero-order chi connectivity index (χ0) is 11.7. The monoisotopic (exact) mass is 239 g/mol. The lowest BCUT2D eigenvalue weighted by molar-refractivity contribution is -0.119.